The third-order valence-electron chi connectivity index (χ3n) is 12.6. The van der Waals surface area contributed by atoms with Crippen LogP contribution in [0.3, 0.4) is 0 Å². The quantitative estimate of drug-likeness (QED) is 0.0272. The molecule has 0 radical (unpaired) electrons. The molecule has 0 fully saturated rings. The Balaban J connectivity index is 4.31. The first-order chi connectivity index (χ1) is 34.0. The maximum Gasteiger partial charge on any atom is 0.268 e. The van der Waals surface area contributed by atoms with Gasteiger partial charge in [0, 0.05) is 6.42 Å². The van der Waals surface area contributed by atoms with Crippen molar-refractivity contribution in [2.75, 3.05) is 40.9 Å². The summed E-state index contributed by atoms with van der Waals surface area (Å²) in [6.45, 7) is 4.51. The number of aliphatic hydroxyl groups excluding tert-OH is 1. The predicted octanol–water partition coefficient (Wildman–Crippen LogP) is 17.0. The van der Waals surface area contributed by atoms with Crippen LogP contribution in [0.4, 0.5) is 0 Å². The van der Waals surface area contributed by atoms with Crippen LogP contribution in [0.15, 0.2) is 85.1 Å². The number of unbranched alkanes of at least 4 members (excludes halogenated alkanes) is 27. The number of nitrogens with zero attached hydrogens (tertiary/aromatic N) is 1. The predicted molar refractivity (Wildman–Crippen MR) is 302 cm³/mol. The molecule has 0 aliphatic heterocycles. The molecule has 0 rings (SSSR count). The van der Waals surface area contributed by atoms with Crippen molar-refractivity contribution < 1.29 is 32.9 Å². The van der Waals surface area contributed by atoms with Crippen molar-refractivity contribution in [2.45, 2.75) is 257 Å². The van der Waals surface area contributed by atoms with E-state index in [1.807, 2.05) is 27.2 Å². The molecule has 2 N–H and O–H groups in total. The molecule has 406 valence electrons. The Morgan fingerprint density at radius 2 is 0.886 bits per heavy atom. The highest BCUT2D eigenvalue weighted by atomic mass is 31.2. The van der Waals surface area contributed by atoms with Crippen LogP contribution in [0.1, 0.15) is 245 Å². The van der Waals surface area contributed by atoms with Crippen molar-refractivity contribution in [1.82, 2.24) is 5.32 Å². The SMILES string of the molecule is CC/C=C\C/C=C\C/C=C\C/C=C\CCCCCCCCCCC(=O)NC(COP(=O)([O-])OCC[N+](C)(C)C)C(O)/C=C/CC/C=C/CC/C=C/CCCCCCCCCCCCCCCCCCC. The number of nitrogens with one attached hydrogen (secondary N) is 1. The Hall–Kier alpha value is -2.32. The molecule has 0 aromatic heterocycles. The van der Waals surface area contributed by atoms with E-state index in [0.717, 1.165) is 83.5 Å². The number of amides is 1. The lowest BCUT2D eigenvalue weighted by molar-refractivity contribution is -0.870. The van der Waals surface area contributed by atoms with Crippen LogP contribution in [-0.4, -0.2) is 68.5 Å². The van der Waals surface area contributed by atoms with E-state index >= 15 is 0 Å². The number of hydrogen-bond acceptors (Lipinski definition) is 6. The number of quaternary nitrogens is 1. The van der Waals surface area contributed by atoms with Crippen molar-refractivity contribution in [3.05, 3.63) is 85.1 Å². The van der Waals surface area contributed by atoms with Crippen LogP contribution in [0.2, 0.25) is 0 Å². The van der Waals surface area contributed by atoms with Gasteiger partial charge in [0.15, 0.2) is 0 Å². The normalized spacial score (nSPS) is 14.6. The number of rotatable bonds is 52. The van der Waals surface area contributed by atoms with Gasteiger partial charge in [-0.1, -0.05) is 240 Å². The second kappa shape index (κ2) is 51.6. The fraction of sp³-hybridized carbons (Fsp3) is 0.754. The van der Waals surface area contributed by atoms with E-state index in [0.29, 0.717) is 17.4 Å². The van der Waals surface area contributed by atoms with Crippen molar-refractivity contribution >= 4 is 13.7 Å². The summed E-state index contributed by atoms with van der Waals surface area (Å²) in [5.74, 6) is -0.221. The Morgan fingerprint density at radius 1 is 0.514 bits per heavy atom. The molecule has 1 amide bonds. The van der Waals surface area contributed by atoms with Crippen LogP contribution in [-0.2, 0) is 18.4 Å². The summed E-state index contributed by atoms with van der Waals surface area (Å²) < 4.78 is 23.3. The Labute approximate surface area is 433 Å². The molecule has 0 aromatic carbocycles. The molecular formula is C61H111N2O6P. The topological polar surface area (TPSA) is 108 Å². The van der Waals surface area contributed by atoms with Gasteiger partial charge in [-0.15, -0.1) is 0 Å². The fourth-order valence-electron chi connectivity index (χ4n) is 8.06. The summed E-state index contributed by atoms with van der Waals surface area (Å²) in [6, 6.07) is -0.920. The minimum Gasteiger partial charge on any atom is -0.756 e. The maximum absolute atomic E-state index is 13.0. The lowest BCUT2D eigenvalue weighted by Crippen LogP contribution is -2.45. The van der Waals surface area contributed by atoms with Gasteiger partial charge in [-0.2, -0.15) is 0 Å². The van der Waals surface area contributed by atoms with Crippen LogP contribution in [0, 0.1) is 0 Å². The molecule has 0 aliphatic rings. The van der Waals surface area contributed by atoms with Crippen LogP contribution in [0.5, 0.6) is 0 Å². The minimum atomic E-state index is -4.62. The molecule has 3 atom stereocenters. The summed E-state index contributed by atoms with van der Waals surface area (Å²) in [6.07, 6.45) is 72.4. The summed E-state index contributed by atoms with van der Waals surface area (Å²) in [4.78, 5) is 25.5. The van der Waals surface area contributed by atoms with Gasteiger partial charge in [0.2, 0.25) is 5.91 Å². The number of hydrogen-bond donors (Lipinski definition) is 2. The lowest BCUT2D eigenvalue weighted by Gasteiger charge is -2.29. The zero-order chi connectivity index (χ0) is 51.3. The molecule has 0 saturated carbocycles. The second-order valence-electron chi connectivity index (χ2n) is 20.6. The Bertz CT molecular complexity index is 1410. The first-order valence-corrected chi connectivity index (χ1v) is 30.4. The molecule has 0 aromatic rings. The Kier molecular flexibility index (Phi) is 49.9. The molecule has 9 heteroatoms. The van der Waals surface area contributed by atoms with Crippen LogP contribution < -0.4 is 10.2 Å². The number of phosphoric ester groups is 1. The third kappa shape index (κ3) is 53.5. The van der Waals surface area contributed by atoms with Crippen molar-refractivity contribution in [2.24, 2.45) is 0 Å². The summed E-state index contributed by atoms with van der Waals surface area (Å²) in [5.41, 5.74) is 0. The van der Waals surface area contributed by atoms with E-state index in [-0.39, 0.29) is 12.5 Å². The fourth-order valence-corrected chi connectivity index (χ4v) is 8.78. The van der Waals surface area contributed by atoms with Gasteiger partial charge >= 0.3 is 0 Å². The van der Waals surface area contributed by atoms with Crippen molar-refractivity contribution in [1.29, 1.82) is 0 Å². The molecule has 0 spiro atoms. The van der Waals surface area contributed by atoms with Gasteiger partial charge in [-0.3, -0.25) is 9.36 Å². The average Bonchev–Trinajstić information content (AvgIpc) is 3.32. The third-order valence-corrected chi connectivity index (χ3v) is 13.5. The molecule has 70 heavy (non-hydrogen) atoms. The summed E-state index contributed by atoms with van der Waals surface area (Å²) in [5, 5.41) is 13.9. The van der Waals surface area contributed by atoms with Gasteiger partial charge in [0.1, 0.15) is 13.2 Å². The first kappa shape index (κ1) is 67.7. The first-order valence-electron chi connectivity index (χ1n) is 28.9. The number of allylic oxidation sites excluding steroid dienone is 13. The van der Waals surface area contributed by atoms with E-state index < -0.39 is 26.6 Å². The molecule has 0 saturated heterocycles. The maximum atomic E-state index is 13.0. The van der Waals surface area contributed by atoms with E-state index in [1.165, 1.54) is 141 Å². The number of likely N-dealkylation sites (N-methyl/N-ethyl adjacent to an activating group) is 1. The standard InChI is InChI=1S/C61H111N2O6P/c1-6-8-10-12-14-16-18-20-22-24-26-28-29-30-31-32-33-35-36-38-40-42-44-46-48-50-52-54-60(64)59(58-69-70(66,67)68-57-56-63(3,4)5)62-61(65)55-53-51-49-47-45-43-41-39-37-34-27-25-23-21-19-17-15-13-11-9-7-2/h9,11,15,17,21,23,27,34,36,38,44,46,52,54,59-60,64H,6-8,10,12-14,16,18-20,22,24-26,28-33,35,37,39-43,45,47-51,53,55-58H2,1-5H3,(H-,62,65,66,67)/b11-9-,17-15-,23-21-,34-27-,38-36+,46-44+,54-52+. The summed E-state index contributed by atoms with van der Waals surface area (Å²) >= 11 is 0. The lowest BCUT2D eigenvalue weighted by atomic mass is 10.0. The highest BCUT2D eigenvalue weighted by Crippen LogP contribution is 2.38. The molecular weight excluding hydrogens is 888 g/mol. The zero-order valence-electron chi connectivity index (χ0n) is 46.2. The van der Waals surface area contributed by atoms with E-state index in [9.17, 15) is 19.4 Å². The van der Waals surface area contributed by atoms with Gasteiger partial charge < -0.3 is 28.8 Å². The van der Waals surface area contributed by atoms with E-state index in [1.54, 1.807) is 6.08 Å². The summed E-state index contributed by atoms with van der Waals surface area (Å²) in [7, 11) is 1.22. The Morgan fingerprint density at radius 3 is 1.33 bits per heavy atom. The van der Waals surface area contributed by atoms with Crippen LogP contribution in [0.25, 0.3) is 0 Å². The van der Waals surface area contributed by atoms with Gasteiger partial charge in [0.05, 0.1) is 39.9 Å². The second-order valence-corrected chi connectivity index (χ2v) is 22.0. The van der Waals surface area contributed by atoms with E-state index in [2.05, 4.69) is 92.1 Å². The highest BCUT2D eigenvalue weighted by Gasteiger charge is 2.23. The minimum absolute atomic E-state index is 0.0147. The number of carbonyl (C=O) groups excluding carboxylic acids is 1. The molecule has 8 nitrogen and oxygen atoms in total. The van der Waals surface area contributed by atoms with Gasteiger partial charge in [0.25, 0.3) is 7.82 Å². The molecule has 0 heterocycles. The smallest absolute Gasteiger partial charge is 0.268 e. The van der Waals surface area contributed by atoms with Crippen molar-refractivity contribution in [3.63, 3.8) is 0 Å². The van der Waals surface area contributed by atoms with Crippen LogP contribution >= 0.6 is 7.82 Å². The number of phosphoric acid groups is 1. The molecule has 0 aliphatic carbocycles. The average molecular weight is 1000 g/mol. The molecule has 0 bridgehead atoms. The van der Waals surface area contributed by atoms with E-state index in [4.69, 9.17) is 9.05 Å². The van der Waals surface area contributed by atoms with Crippen molar-refractivity contribution in [3.8, 4) is 0 Å². The molecule has 3 unspecified atom stereocenters. The largest absolute Gasteiger partial charge is 0.756 e. The zero-order valence-corrected chi connectivity index (χ0v) is 47.1. The highest BCUT2D eigenvalue weighted by molar-refractivity contribution is 7.45. The number of aliphatic hydroxyl groups is 1. The van der Waals surface area contributed by atoms with Gasteiger partial charge in [-0.05, 0) is 83.5 Å². The van der Waals surface area contributed by atoms with Gasteiger partial charge in [-0.25, -0.2) is 0 Å². The number of carbonyl (C=O) groups is 1. The monoisotopic (exact) mass is 999 g/mol.